The van der Waals surface area contributed by atoms with Gasteiger partial charge in [-0.15, -0.1) is 0 Å². The molecular weight excluding hydrogens is 437 g/mol. The highest BCUT2D eigenvalue weighted by Crippen LogP contribution is 2.24. The van der Waals surface area contributed by atoms with Gasteiger partial charge in [0.1, 0.15) is 30.0 Å². The number of phenolic OH excluding ortho intramolecular Hbond substituents is 1. The monoisotopic (exact) mass is 469 g/mol. The molecule has 2 aromatic rings. The quantitative estimate of drug-likeness (QED) is 0.524. The number of hydrogen-bond acceptors (Lipinski definition) is 6. The first kappa shape index (κ1) is 24.0. The van der Waals surface area contributed by atoms with E-state index in [9.17, 15) is 19.4 Å². The molecule has 0 radical (unpaired) electrons. The van der Waals surface area contributed by atoms with Crippen LogP contribution in [0.15, 0.2) is 54.7 Å². The van der Waals surface area contributed by atoms with E-state index < -0.39 is 11.9 Å². The molecule has 2 fully saturated rings. The van der Waals surface area contributed by atoms with Gasteiger partial charge in [0.25, 0.3) is 5.91 Å². The van der Waals surface area contributed by atoms with Gasteiger partial charge < -0.3 is 25.2 Å². The number of rotatable bonds is 9. The molecule has 34 heavy (non-hydrogen) atoms. The van der Waals surface area contributed by atoms with Crippen molar-refractivity contribution in [3.8, 4) is 11.5 Å². The third kappa shape index (κ3) is 6.71. The van der Waals surface area contributed by atoms with Crippen LogP contribution in [0.4, 0.5) is 4.39 Å². The lowest BCUT2D eigenvalue weighted by Gasteiger charge is -2.25. The van der Waals surface area contributed by atoms with E-state index in [2.05, 4.69) is 21.7 Å². The second-order valence-electron chi connectivity index (χ2n) is 9.06. The SMILES string of the molecule is C=C1CCN(C[C@H](O)COc2cc(F)ccc2C(=O)NC2CC2)CCN1Cc1ccc(O)cc1. The Kier molecular flexibility index (Phi) is 7.70. The molecule has 1 aliphatic heterocycles. The zero-order chi connectivity index (χ0) is 24.1. The standard InChI is InChI=1S/C26H32FN3O4/c1-18-10-11-29(12-13-30(18)15-19-2-7-22(31)8-3-19)16-23(32)17-34-25-14-20(27)4-9-24(25)26(33)28-21-5-6-21/h2-4,7-9,14,21,23,31-32H,1,5-6,10-13,15-17H2,(H,28,33)/t23-/m0/s1. The van der Waals surface area contributed by atoms with Gasteiger partial charge in [0, 0.05) is 50.5 Å². The molecule has 1 saturated heterocycles. The Labute approximate surface area is 199 Å². The lowest BCUT2D eigenvalue weighted by atomic mass is 10.2. The summed E-state index contributed by atoms with van der Waals surface area (Å²) in [7, 11) is 0. The maximum atomic E-state index is 13.8. The molecular formula is C26H32FN3O4. The van der Waals surface area contributed by atoms with E-state index in [1.807, 2.05) is 12.1 Å². The summed E-state index contributed by atoms with van der Waals surface area (Å²) in [6.07, 6.45) is 1.90. The summed E-state index contributed by atoms with van der Waals surface area (Å²) < 4.78 is 19.4. The normalized spacial score (nSPS) is 17.8. The van der Waals surface area contributed by atoms with E-state index >= 15 is 0 Å². The number of amides is 1. The summed E-state index contributed by atoms with van der Waals surface area (Å²) in [4.78, 5) is 16.8. The summed E-state index contributed by atoms with van der Waals surface area (Å²) >= 11 is 0. The van der Waals surface area contributed by atoms with E-state index in [1.54, 1.807) is 12.1 Å². The van der Waals surface area contributed by atoms with Crippen LogP contribution in [0.3, 0.4) is 0 Å². The molecule has 7 nitrogen and oxygen atoms in total. The fourth-order valence-electron chi connectivity index (χ4n) is 4.00. The number of hydrogen-bond donors (Lipinski definition) is 3. The number of aliphatic hydroxyl groups is 1. The molecule has 0 spiro atoms. The molecule has 1 atom stereocenters. The van der Waals surface area contributed by atoms with E-state index in [4.69, 9.17) is 4.74 Å². The van der Waals surface area contributed by atoms with Crippen LogP contribution < -0.4 is 10.1 Å². The lowest BCUT2D eigenvalue weighted by molar-refractivity contribution is 0.0681. The van der Waals surface area contributed by atoms with Crippen LogP contribution in [0.25, 0.3) is 0 Å². The maximum Gasteiger partial charge on any atom is 0.255 e. The number of β-amino-alcohol motifs (C(OH)–C–C–N with tert-alkyl or cyclic N) is 1. The molecule has 1 amide bonds. The lowest BCUT2D eigenvalue weighted by Crippen LogP contribution is -2.38. The van der Waals surface area contributed by atoms with E-state index in [1.165, 1.54) is 18.2 Å². The predicted molar refractivity (Wildman–Crippen MR) is 127 cm³/mol. The first-order valence-corrected chi connectivity index (χ1v) is 11.7. The number of halogens is 1. The van der Waals surface area contributed by atoms with Crippen LogP contribution >= 0.6 is 0 Å². The van der Waals surface area contributed by atoms with Crippen molar-refractivity contribution in [3.05, 3.63) is 71.7 Å². The average molecular weight is 470 g/mol. The fourth-order valence-corrected chi connectivity index (χ4v) is 4.00. The van der Waals surface area contributed by atoms with Gasteiger partial charge in [-0.3, -0.25) is 9.69 Å². The number of carbonyl (C=O) groups excluding carboxylic acids is 1. The largest absolute Gasteiger partial charge is 0.508 e. The highest BCUT2D eigenvalue weighted by Gasteiger charge is 2.26. The minimum Gasteiger partial charge on any atom is -0.508 e. The number of carbonyl (C=O) groups is 1. The van der Waals surface area contributed by atoms with Crippen molar-refractivity contribution in [2.75, 3.05) is 32.8 Å². The van der Waals surface area contributed by atoms with Crippen LogP contribution in [0, 0.1) is 5.82 Å². The molecule has 1 saturated carbocycles. The van der Waals surface area contributed by atoms with E-state index in [0.29, 0.717) is 13.1 Å². The Morgan fingerprint density at radius 2 is 1.94 bits per heavy atom. The van der Waals surface area contributed by atoms with Crippen molar-refractivity contribution in [2.45, 2.75) is 38.0 Å². The van der Waals surface area contributed by atoms with Gasteiger partial charge in [-0.05, 0) is 49.1 Å². The predicted octanol–water partition coefficient (Wildman–Crippen LogP) is 2.88. The van der Waals surface area contributed by atoms with E-state index in [0.717, 1.165) is 50.2 Å². The number of aromatic hydroxyl groups is 1. The number of ether oxygens (including phenoxy) is 1. The van der Waals surface area contributed by atoms with Crippen molar-refractivity contribution in [1.29, 1.82) is 0 Å². The van der Waals surface area contributed by atoms with Gasteiger partial charge >= 0.3 is 0 Å². The molecule has 1 heterocycles. The van der Waals surface area contributed by atoms with Gasteiger partial charge in [0.2, 0.25) is 0 Å². The molecule has 1 aliphatic carbocycles. The van der Waals surface area contributed by atoms with Crippen LogP contribution in [-0.4, -0.2) is 70.9 Å². The minimum absolute atomic E-state index is 0.0399. The Morgan fingerprint density at radius 1 is 1.18 bits per heavy atom. The first-order chi connectivity index (χ1) is 16.4. The summed E-state index contributed by atoms with van der Waals surface area (Å²) in [5, 5.41) is 22.9. The topological polar surface area (TPSA) is 85.3 Å². The number of nitrogens with one attached hydrogen (secondary N) is 1. The number of aliphatic hydroxyl groups excluding tert-OH is 1. The van der Waals surface area contributed by atoms with Crippen molar-refractivity contribution in [1.82, 2.24) is 15.1 Å². The molecule has 0 bridgehead atoms. The number of phenols is 1. The van der Waals surface area contributed by atoms with Crippen LogP contribution in [0.1, 0.15) is 35.2 Å². The molecule has 182 valence electrons. The molecule has 2 aliphatic rings. The van der Waals surface area contributed by atoms with Crippen LogP contribution in [-0.2, 0) is 6.54 Å². The van der Waals surface area contributed by atoms with Crippen molar-refractivity contribution in [3.63, 3.8) is 0 Å². The van der Waals surface area contributed by atoms with Crippen molar-refractivity contribution >= 4 is 5.91 Å². The van der Waals surface area contributed by atoms with Crippen molar-refractivity contribution in [2.24, 2.45) is 0 Å². The van der Waals surface area contributed by atoms with Gasteiger partial charge in [-0.25, -0.2) is 4.39 Å². The molecule has 0 aromatic heterocycles. The molecule has 3 N–H and O–H groups in total. The Morgan fingerprint density at radius 3 is 2.68 bits per heavy atom. The van der Waals surface area contributed by atoms with Crippen LogP contribution in [0.2, 0.25) is 0 Å². The van der Waals surface area contributed by atoms with Gasteiger partial charge in [-0.1, -0.05) is 18.7 Å². The molecule has 8 heteroatoms. The summed E-state index contributed by atoms with van der Waals surface area (Å²) in [5.41, 5.74) is 2.40. The highest BCUT2D eigenvalue weighted by atomic mass is 19.1. The Bertz CT molecular complexity index is 1010. The number of benzene rings is 2. The highest BCUT2D eigenvalue weighted by molar-refractivity contribution is 5.97. The van der Waals surface area contributed by atoms with E-state index in [-0.39, 0.29) is 35.6 Å². The second-order valence-corrected chi connectivity index (χ2v) is 9.06. The minimum atomic E-state index is -0.792. The summed E-state index contributed by atoms with van der Waals surface area (Å²) in [6.45, 7) is 7.56. The zero-order valence-electron chi connectivity index (χ0n) is 19.3. The third-order valence-electron chi connectivity index (χ3n) is 6.16. The summed E-state index contributed by atoms with van der Waals surface area (Å²) in [5.74, 6) is -0.393. The maximum absolute atomic E-state index is 13.8. The van der Waals surface area contributed by atoms with Gasteiger partial charge in [0.05, 0.1) is 5.56 Å². The molecule has 2 aromatic carbocycles. The molecule has 0 unspecified atom stereocenters. The van der Waals surface area contributed by atoms with Crippen molar-refractivity contribution < 1.29 is 24.1 Å². The second kappa shape index (κ2) is 10.9. The Hall–Kier alpha value is -3.10. The Balaban J connectivity index is 1.28. The average Bonchev–Trinajstić information content (AvgIpc) is 3.64. The van der Waals surface area contributed by atoms with Crippen LogP contribution in [0.5, 0.6) is 11.5 Å². The molecule has 4 rings (SSSR count). The number of nitrogens with zero attached hydrogens (tertiary/aromatic N) is 2. The first-order valence-electron chi connectivity index (χ1n) is 11.7. The smallest absolute Gasteiger partial charge is 0.255 e. The van der Waals surface area contributed by atoms with Gasteiger partial charge in [0.15, 0.2) is 0 Å². The zero-order valence-corrected chi connectivity index (χ0v) is 19.3. The van der Waals surface area contributed by atoms with Gasteiger partial charge in [-0.2, -0.15) is 0 Å². The third-order valence-corrected chi connectivity index (χ3v) is 6.16. The fraction of sp³-hybridized carbons (Fsp3) is 0.423. The summed E-state index contributed by atoms with van der Waals surface area (Å²) in [6, 6.07) is 11.2.